The molecule has 5 heteroatoms. The van der Waals surface area contributed by atoms with Gasteiger partial charge in [0.1, 0.15) is 0 Å². The van der Waals surface area contributed by atoms with E-state index < -0.39 is 0 Å². The summed E-state index contributed by atoms with van der Waals surface area (Å²) in [5.41, 5.74) is 3.04. The van der Waals surface area contributed by atoms with Gasteiger partial charge in [0.2, 0.25) is 5.91 Å². The summed E-state index contributed by atoms with van der Waals surface area (Å²) in [4.78, 5) is 11.8. The minimum atomic E-state index is -0.0103. The first-order valence-corrected chi connectivity index (χ1v) is 8.34. The molecule has 0 unspecified atom stereocenters. The van der Waals surface area contributed by atoms with Gasteiger partial charge in [-0.05, 0) is 36.8 Å². The van der Waals surface area contributed by atoms with Gasteiger partial charge in [-0.25, -0.2) is 0 Å². The molecule has 0 spiro atoms. The first-order valence-electron chi connectivity index (χ1n) is 6.43. The van der Waals surface area contributed by atoms with E-state index in [0.717, 1.165) is 17.0 Å². The van der Waals surface area contributed by atoms with Crippen molar-refractivity contribution < 1.29 is 4.79 Å². The fourth-order valence-electron chi connectivity index (χ4n) is 1.72. The van der Waals surface area contributed by atoms with Crippen LogP contribution in [0.15, 0.2) is 42.5 Å². The Morgan fingerprint density at radius 3 is 2.48 bits per heavy atom. The van der Waals surface area contributed by atoms with Gasteiger partial charge in [-0.15, -0.1) is 11.8 Å². The molecule has 0 atom stereocenters. The molecular formula is C16H15Cl2NOS. The molecule has 2 rings (SSSR count). The molecule has 0 aromatic heterocycles. The van der Waals surface area contributed by atoms with Crippen LogP contribution in [0.3, 0.4) is 0 Å². The number of aryl methyl sites for hydroxylation is 1. The van der Waals surface area contributed by atoms with Gasteiger partial charge in [0.15, 0.2) is 0 Å². The third-order valence-electron chi connectivity index (χ3n) is 2.82. The van der Waals surface area contributed by atoms with E-state index in [1.54, 1.807) is 6.07 Å². The zero-order valence-corrected chi connectivity index (χ0v) is 13.9. The average molecular weight is 340 g/mol. The molecule has 0 aliphatic carbocycles. The van der Waals surface area contributed by atoms with E-state index in [-0.39, 0.29) is 5.91 Å². The number of hydrogen-bond acceptors (Lipinski definition) is 2. The van der Waals surface area contributed by atoms with Crippen LogP contribution in [0.25, 0.3) is 0 Å². The van der Waals surface area contributed by atoms with Crippen molar-refractivity contribution in [3.05, 3.63) is 63.6 Å². The van der Waals surface area contributed by atoms with Crippen molar-refractivity contribution >= 4 is 46.6 Å². The van der Waals surface area contributed by atoms with Crippen LogP contribution < -0.4 is 5.32 Å². The predicted octanol–water partition coefficient (Wildman–Crippen LogP) is 5.17. The maximum absolute atomic E-state index is 11.8. The van der Waals surface area contributed by atoms with Gasteiger partial charge in [-0.2, -0.15) is 0 Å². The van der Waals surface area contributed by atoms with Gasteiger partial charge in [0.05, 0.1) is 15.8 Å². The standard InChI is InChI=1S/C16H15Cl2NOS/c1-11-2-5-13(6-3-11)19-16(20)10-21-9-12-4-7-14(17)15(18)8-12/h2-8H,9-10H2,1H3,(H,19,20). The number of hydrogen-bond donors (Lipinski definition) is 1. The second-order valence-electron chi connectivity index (χ2n) is 4.66. The van der Waals surface area contributed by atoms with Crippen LogP contribution in [0.1, 0.15) is 11.1 Å². The van der Waals surface area contributed by atoms with Crippen molar-refractivity contribution in [3.8, 4) is 0 Å². The molecule has 0 saturated carbocycles. The zero-order chi connectivity index (χ0) is 15.2. The van der Waals surface area contributed by atoms with E-state index >= 15 is 0 Å². The highest BCUT2D eigenvalue weighted by atomic mass is 35.5. The number of carbonyl (C=O) groups is 1. The van der Waals surface area contributed by atoms with Gasteiger partial charge in [-0.1, -0.05) is 47.0 Å². The fraction of sp³-hybridized carbons (Fsp3) is 0.188. The number of amides is 1. The first-order chi connectivity index (χ1) is 10.0. The Labute approximate surface area is 138 Å². The smallest absolute Gasteiger partial charge is 0.234 e. The topological polar surface area (TPSA) is 29.1 Å². The highest BCUT2D eigenvalue weighted by Gasteiger charge is 2.04. The normalized spacial score (nSPS) is 10.4. The van der Waals surface area contributed by atoms with Gasteiger partial charge < -0.3 is 5.32 Å². The van der Waals surface area contributed by atoms with Crippen molar-refractivity contribution in [2.45, 2.75) is 12.7 Å². The third kappa shape index (κ3) is 5.27. The second kappa shape index (κ2) is 7.74. The summed E-state index contributed by atoms with van der Waals surface area (Å²) in [5.74, 6) is 1.11. The minimum Gasteiger partial charge on any atom is -0.325 e. The quantitative estimate of drug-likeness (QED) is 0.813. The van der Waals surface area contributed by atoms with Crippen LogP contribution in [0.2, 0.25) is 10.0 Å². The number of benzene rings is 2. The van der Waals surface area contributed by atoms with Crippen molar-refractivity contribution in [1.82, 2.24) is 0 Å². The summed E-state index contributed by atoms with van der Waals surface area (Å²) in [7, 11) is 0. The number of anilines is 1. The molecule has 0 aliphatic rings. The summed E-state index contributed by atoms with van der Waals surface area (Å²) in [6.07, 6.45) is 0. The molecule has 0 saturated heterocycles. The van der Waals surface area contributed by atoms with Crippen molar-refractivity contribution in [2.75, 3.05) is 11.1 Å². The predicted molar refractivity (Wildman–Crippen MR) is 92.4 cm³/mol. The SMILES string of the molecule is Cc1ccc(NC(=O)CSCc2ccc(Cl)c(Cl)c2)cc1. The van der Waals surface area contributed by atoms with Crippen LogP contribution >= 0.6 is 35.0 Å². The number of thioether (sulfide) groups is 1. The van der Waals surface area contributed by atoms with Crippen LogP contribution in [0.4, 0.5) is 5.69 Å². The Kier molecular flexibility index (Phi) is 5.97. The Morgan fingerprint density at radius 2 is 1.81 bits per heavy atom. The van der Waals surface area contributed by atoms with Crippen molar-refractivity contribution in [2.24, 2.45) is 0 Å². The molecule has 0 radical (unpaired) electrons. The highest BCUT2D eigenvalue weighted by Crippen LogP contribution is 2.24. The van der Waals surface area contributed by atoms with E-state index in [1.165, 1.54) is 17.3 Å². The average Bonchev–Trinajstić information content (AvgIpc) is 2.45. The number of carbonyl (C=O) groups excluding carboxylic acids is 1. The molecule has 1 amide bonds. The number of rotatable bonds is 5. The van der Waals surface area contributed by atoms with Crippen molar-refractivity contribution in [3.63, 3.8) is 0 Å². The molecule has 0 fully saturated rings. The van der Waals surface area contributed by atoms with Gasteiger partial charge >= 0.3 is 0 Å². The molecule has 110 valence electrons. The van der Waals surface area contributed by atoms with E-state index in [0.29, 0.717) is 15.8 Å². The van der Waals surface area contributed by atoms with E-state index in [4.69, 9.17) is 23.2 Å². The molecule has 1 N–H and O–H groups in total. The maximum atomic E-state index is 11.8. The summed E-state index contributed by atoms with van der Waals surface area (Å²) in [6.45, 7) is 2.01. The van der Waals surface area contributed by atoms with Gasteiger partial charge in [-0.3, -0.25) is 4.79 Å². The summed E-state index contributed by atoms with van der Waals surface area (Å²) >= 11 is 13.4. The number of nitrogens with one attached hydrogen (secondary N) is 1. The third-order valence-corrected chi connectivity index (χ3v) is 4.56. The van der Waals surface area contributed by atoms with Gasteiger partial charge in [0.25, 0.3) is 0 Å². The lowest BCUT2D eigenvalue weighted by Crippen LogP contribution is -2.14. The molecule has 2 aromatic rings. The molecule has 2 aromatic carbocycles. The highest BCUT2D eigenvalue weighted by molar-refractivity contribution is 7.99. The fourth-order valence-corrected chi connectivity index (χ4v) is 2.82. The largest absolute Gasteiger partial charge is 0.325 e. The van der Waals surface area contributed by atoms with E-state index in [1.807, 2.05) is 43.3 Å². The Hall–Kier alpha value is -1.16. The van der Waals surface area contributed by atoms with E-state index in [9.17, 15) is 4.79 Å². The summed E-state index contributed by atoms with van der Waals surface area (Å²) in [5, 5.41) is 3.95. The summed E-state index contributed by atoms with van der Waals surface area (Å²) in [6, 6.07) is 13.3. The van der Waals surface area contributed by atoms with Crippen LogP contribution in [0, 0.1) is 6.92 Å². The Bertz CT molecular complexity index is 629. The van der Waals surface area contributed by atoms with Crippen LogP contribution in [-0.4, -0.2) is 11.7 Å². The molecule has 0 heterocycles. The minimum absolute atomic E-state index is 0.0103. The lowest BCUT2D eigenvalue weighted by molar-refractivity contribution is -0.113. The second-order valence-corrected chi connectivity index (χ2v) is 6.46. The first kappa shape index (κ1) is 16.2. The maximum Gasteiger partial charge on any atom is 0.234 e. The Morgan fingerprint density at radius 1 is 1.10 bits per heavy atom. The molecule has 0 bridgehead atoms. The monoisotopic (exact) mass is 339 g/mol. The molecular weight excluding hydrogens is 325 g/mol. The lowest BCUT2D eigenvalue weighted by atomic mass is 10.2. The van der Waals surface area contributed by atoms with Crippen LogP contribution in [-0.2, 0) is 10.5 Å². The summed E-state index contributed by atoms with van der Waals surface area (Å²) < 4.78 is 0. The molecule has 21 heavy (non-hydrogen) atoms. The van der Waals surface area contributed by atoms with Gasteiger partial charge in [0, 0.05) is 11.4 Å². The van der Waals surface area contributed by atoms with Crippen molar-refractivity contribution in [1.29, 1.82) is 0 Å². The van der Waals surface area contributed by atoms with Crippen LogP contribution in [0.5, 0.6) is 0 Å². The molecule has 0 aliphatic heterocycles. The molecule has 2 nitrogen and oxygen atoms in total. The Balaban J connectivity index is 1.78. The zero-order valence-electron chi connectivity index (χ0n) is 11.5. The van der Waals surface area contributed by atoms with E-state index in [2.05, 4.69) is 5.32 Å². The number of halogens is 2. The lowest BCUT2D eigenvalue weighted by Gasteiger charge is -2.06.